The van der Waals surface area contributed by atoms with Crippen LogP contribution in [0.25, 0.3) is 0 Å². The summed E-state index contributed by atoms with van der Waals surface area (Å²) in [5.74, 6) is 0.733. The summed E-state index contributed by atoms with van der Waals surface area (Å²) in [5.41, 5.74) is 0.912. The maximum absolute atomic E-state index is 11.1. The number of aromatic carboxylic acids is 1. The van der Waals surface area contributed by atoms with E-state index in [2.05, 4.69) is 14.8 Å². The van der Waals surface area contributed by atoms with E-state index in [4.69, 9.17) is 23.7 Å². The molecule has 158 valence electrons. The molecule has 0 radical (unpaired) electrons. The number of methoxy groups -OCH3 is 2. The number of carbonyl (C=O) groups is 1. The molecule has 0 unspecified atom stereocenters. The summed E-state index contributed by atoms with van der Waals surface area (Å²) < 4.78 is 21.6. The lowest BCUT2D eigenvalue weighted by atomic mass is 10.1. The summed E-state index contributed by atoms with van der Waals surface area (Å²) in [7, 11) is 3.25. The van der Waals surface area contributed by atoms with Gasteiger partial charge >= 0.3 is 5.97 Å². The Balaban J connectivity index is 1.72. The van der Waals surface area contributed by atoms with Gasteiger partial charge in [0, 0.05) is 44.4 Å². The Morgan fingerprint density at radius 1 is 1.24 bits per heavy atom. The first kappa shape index (κ1) is 21.1. The molecule has 0 bridgehead atoms. The summed E-state index contributed by atoms with van der Waals surface area (Å²) in [6, 6.07) is 5.71. The highest BCUT2D eigenvalue weighted by Crippen LogP contribution is 2.26. The standard InChI is InChI=1S/C20H27N3O6/c1-26-16-4-3-15(18(11-16)27-2)12-23(6-5-22-7-9-28-10-8-22)13-19-21-17(14-29-19)20(24)25/h3-4,11,14H,5-10,12-13H2,1-2H3,(H,24,25). The van der Waals surface area contributed by atoms with Gasteiger partial charge in [-0.25, -0.2) is 9.78 Å². The molecule has 1 aromatic heterocycles. The van der Waals surface area contributed by atoms with Gasteiger partial charge in [0.1, 0.15) is 17.8 Å². The van der Waals surface area contributed by atoms with E-state index >= 15 is 0 Å². The summed E-state index contributed by atoms with van der Waals surface area (Å²) in [5, 5.41) is 9.08. The Bertz CT molecular complexity index is 803. The first-order valence-corrected chi connectivity index (χ1v) is 9.50. The van der Waals surface area contributed by atoms with Crippen LogP contribution in [0.3, 0.4) is 0 Å². The molecular weight excluding hydrogens is 378 g/mol. The van der Waals surface area contributed by atoms with E-state index in [1.807, 2.05) is 18.2 Å². The second kappa shape index (κ2) is 10.2. The molecular formula is C20H27N3O6. The average Bonchev–Trinajstić information content (AvgIpc) is 3.22. The highest BCUT2D eigenvalue weighted by molar-refractivity contribution is 5.84. The average molecular weight is 405 g/mol. The predicted molar refractivity (Wildman–Crippen MR) is 104 cm³/mol. The number of morpholine rings is 1. The molecule has 9 heteroatoms. The monoisotopic (exact) mass is 405 g/mol. The van der Waals surface area contributed by atoms with Gasteiger partial charge in [-0.15, -0.1) is 0 Å². The summed E-state index contributed by atoms with van der Waals surface area (Å²) >= 11 is 0. The minimum absolute atomic E-state index is 0.0878. The Hall–Kier alpha value is -2.62. The van der Waals surface area contributed by atoms with E-state index in [0.717, 1.165) is 56.5 Å². The van der Waals surface area contributed by atoms with Crippen molar-refractivity contribution in [1.82, 2.24) is 14.8 Å². The molecule has 1 aliphatic rings. The fourth-order valence-corrected chi connectivity index (χ4v) is 3.22. The van der Waals surface area contributed by atoms with Crippen LogP contribution in [0.15, 0.2) is 28.9 Å². The highest BCUT2D eigenvalue weighted by Gasteiger charge is 2.18. The molecule has 29 heavy (non-hydrogen) atoms. The Morgan fingerprint density at radius 2 is 2.03 bits per heavy atom. The Kier molecular flexibility index (Phi) is 7.45. The van der Waals surface area contributed by atoms with Crippen LogP contribution in [0.1, 0.15) is 21.9 Å². The van der Waals surface area contributed by atoms with Crippen LogP contribution in [-0.2, 0) is 17.8 Å². The van der Waals surface area contributed by atoms with Gasteiger partial charge in [-0.2, -0.15) is 0 Å². The predicted octanol–water partition coefficient (Wildman–Crippen LogP) is 1.72. The Morgan fingerprint density at radius 3 is 2.69 bits per heavy atom. The molecule has 1 N–H and O–H groups in total. The molecule has 0 spiro atoms. The molecule has 9 nitrogen and oxygen atoms in total. The molecule has 2 aromatic rings. The van der Waals surface area contributed by atoms with Gasteiger partial charge < -0.3 is 23.7 Å². The molecule has 0 amide bonds. The molecule has 1 fully saturated rings. The summed E-state index contributed by atoms with van der Waals surface area (Å²) in [6.07, 6.45) is 1.17. The summed E-state index contributed by atoms with van der Waals surface area (Å²) in [4.78, 5) is 19.7. The van der Waals surface area contributed by atoms with Gasteiger partial charge in [0.15, 0.2) is 5.69 Å². The smallest absolute Gasteiger partial charge is 0.357 e. The van der Waals surface area contributed by atoms with Crippen molar-refractivity contribution in [3.63, 3.8) is 0 Å². The number of benzene rings is 1. The molecule has 0 atom stereocenters. The van der Waals surface area contributed by atoms with E-state index in [-0.39, 0.29) is 5.69 Å². The number of rotatable bonds is 10. The first-order chi connectivity index (χ1) is 14.1. The number of hydrogen-bond acceptors (Lipinski definition) is 8. The quantitative estimate of drug-likeness (QED) is 0.634. The van der Waals surface area contributed by atoms with Crippen LogP contribution in [0.4, 0.5) is 0 Å². The van der Waals surface area contributed by atoms with Gasteiger partial charge in [-0.05, 0) is 6.07 Å². The van der Waals surface area contributed by atoms with Crippen LogP contribution in [0.2, 0.25) is 0 Å². The fraction of sp³-hybridized carbons (Fsp3) is 0.500. The van der Waals surface area contributed by atoms with Crippen molar-refractivity contribution in [2.45, 2.75) is 13.1 Å². The van der Waals surface area contributed by atoms with Crippen molar-refractivity contribution in [3.05, 3.63) is 41.6 Å². The molecule has 1 saturated heterocycles. The SMILES string of the molecule is COc1ccc(CN(CCN2CCOCC2)Cc2nc(C(=O)O)co2)c(OC)c1. The normalized spacial score (nSPS) is 14.9. The zero-order chi connectivity index (χ0) is 20.6. The van der Waals surface area contributed by atoms with Crippen LogP contribution < -0.4 is 9.47 Å². The van der Waals surface area contributed by atoms with Crippen LogP contribution >= 0.6 is 0 Å². The van der Waals surface area contributed by atoms with Gasteiger partial charge in [0.05, 0.1) is 34.0 Å². The van der Waals surface area contributed by atoms with Crippen molar-refractivity contribution in [2.75, 3.05) is 53.6 Å². The van der Waals surface area contributed by atoms with Crippen molar-refractivity contribution < 1.29 is 28.5 Å². The third kappa shape index (κ3) is 5.93. The maximum Gasteiger partial charge on any atom is 0.357 e. The lowest BCUT2D eigenvalue weighted by Gasteiger charge is -2.29. The number of ether oxygens (including phenoxy) is 3. The van der Waals surface area contributed by atoms with Crippen molar-refractivity contribution in [3.8, 4) is 11.5 Å². The van der Waals surface area contributed by atoms with Crippen LogP contribution in [-0.4, -0.2) is 79.5 Å². The van der Waals surface area contributed by atoms with E-state index in [9.17, 15) is 4.79 Å². The third-order valence-electron chi connectivity index (χ3n) is 4.85. The lowest BCUT2D eigenvalue weighted by Crippen LogP contribution is -2.41. The zero-order valence-corrected chi connectivity index (χ0v) is 16.8. The van der Waals surface area contributed by atoms with Crippen molar-refractivity contribution in [2.24, 2.45) is 0 Å². The Labute approximate surface area is 169 Å². The number of nitrogens with zero attached hydrogens (tertiary/aromatic N) is 3. The maximum atomic E-state index is 11.1. The van der Waals surface area contributed by atoms with Gasteiger partial charge in [0.2, 0.25) is 5.89 Å². The van der Waals surface area contributed by atoms with E-state index < -0.39 is 5.97 Å². The largest absolute Gasteiger partial charge is 0.497 e. The van der Waals surface area contributed by atoms with Gasteiger partial charge in [-0.1, -0.05) is 6.07 Å². The topological polar surface area (TPSA) is 97.5 Å². The highest BCUT2D eigenvalue weighted by atomic mass is 16.5. The first-order valence-electron chi connectivity index (χ1n) is 9.50. The molecule has 2 heterocycles. The van der Waals surface area contributed by atoms with Crippen molar-refractivity contribution in [1.29, 1.82) is 0 Å². The minimum atomic E-state index is -1.10. The number of carboxylic acids is 1. The summed E-state index contributed by atoms with van der Waals surface area (Å²) in [6.45, 7) is 5.93. The van der Waals surface area contributed by atoms with Crippen LogP contribution in [0, 0.1) is 0 Å². The van der Waals surface area contributed by atoms with E-state index in [1.165, 1.54) is 6.26 Å². The van der Waals surface area contributed by atoms with Gasteiger partial charge in [-0.3, -0.25) is 9.80 Å². The van der Waals surface area contributed by atoms with E-state index in [0.29, 0.717) is 19.0 Å². The molecule has 1 aromatic carbocycles. The van der Waals surface area contributed by atoms with Gasteiger partial charge in [0.25, 0.3) is 0 Å². The lowest BCUT2D eigenvalue weighted by molar-refractivity contribution is 0.0320. The minimum Gasteiger partial charge on any atom is -0.497 e. The number of carboxylic acid groups (broad SMARTS) is 1. The molecule has 0 saturated carbocycles. The fourth-order valence-electron chi connectivity index (χ4n) is 3.22. The zero-order valence-electron chi connectivity index (χ0n) is 16.8. The second-order valence-electron chi connectivity index (χ2n) is 6.77. The molecule has 0 aliphatic carbocycles. The molecule has 3 rings (SSSR count). The van der Waals surface area contributed by atoms with E-state index in [1.54, 1.807) is 14.2 Å². The number of oxazole rings is 1. The number of aromatic nitrogens is 1. The van der Waals surface area contributed by atoms with Crippen molar-refractivity contribution >= 4 is 5.97 Å². The second-order valence-corrected chi connectivity index (χ2v) is 6.77. The number of hydrogen-bond donors (Lipinski definition) is 1. The third-order valence-corrected chi connectivity index (χ3v) is 4.85. The van der Waals surface area contributed by atoms with Crippen LogP contribution in [0.5, 0.6) is 11.5 Å². The molecule has 1 aliphatic heterocycles.